The number of hydrogen-bond donors (Lipinski definition) is 1. The van der Waals surface area contributed by atoms with Crippen LogP contribution in [-0.2, 0) is 4.79 Å². The summed E-state index contributed by atoms with van der Waals surface area (Å²) in [5, 5.41) is 5.43. The van der Waals surface area contributed by atoms with E-state index in [0.29, 0.717) is 5.13 Å². The molecular formula is C20H16N4OS. The zero-order valence-corrected chi connectivity index (χ0v) is 14.6. The highest BCUT2D eigenvalue weighted by atomic mass is 32.1. The van der Waals surface area contributed by atoms with Crippen LogP contribution in [-0.4, -0.2) is 20.4 Å². The van der Waals surface area contributed by atoms with E-state index in [0.717, 1.165) is 16.8 Å². The first-order chi connectivity index (χ1) is 12.8. The molecule has 3 aromatic heterocycles. The fourth-order valence-electron chi connectivity index (χ4n) is 2.77. The van der Waals surface area contributed by atoms with Crippen LogP contribution < -0.4 is 5.32 Å². The van der Waals surface area contributed by atoms with Crippen molar-refractivity contribution < 1.29 is 4.79 Å². The maximum atomic E-state index is 13.0. The second-order valence-corrected chi connectivity index (χ2v) is 6.57. The standard InChI is InChI=1S/C20H16N4OS/c25-19(18(24-11-4-5-12-24)15-7-2-1-3-8-15)23-20-22-17(14-26-20)16-9-6-10-21-13-16/h1-14,18H,(H,22,23,25)/t18-/m0/s1. The Bertz CT molecular complexity index is 981. The maximum absolute atomic E-state index is 13.0. The van der Waals surface area contributed by atoms with E-state index < -0.39 is 6.04 Å². The first-order valence-electron chi connectivity index (χ1n) is 8.15. The molecule has 5 nitrogen and oxygen atoms in total. The van der Waals surface area contributed by atoms with Gasteiger partial charge in [-0.25, -0.2) is 4.98 Å². The number of anilines is 1. The van der Waals surface area contributed by atoms with Gasteiger partial charge in [0.1, 0.15) is 6.04 Å². The van der Waals surface area contributed by atoms with Crippen molar-refractivity contribution in [1.82, 2.24) is 14.5 Å². The van der Waals surface area contributed by atoms with Crippen LogP contribution in [0.5, 0.6) is 0 Å². The van der Waals surface area contributed by atoms with Gasteiger partial charge < -0.3 is 4.57 Å². The molecule has 0 aliphatic heterocycles. The molecule has 26 heavy (non-hydrogen) atoms. The van der Waals surface area contributed by atoms with Crippen LogP contribution in [0.25, 0.3) is 11.3 Å². The molecule has 6 heteroatoms. The van der Waals surface area contributed by atoms with Crippen molar-refractivity contribution in [3.63, 3.8) is 0 Å². The van der Waals surface area contributed by atoms with E-state index in [-0.39, 0.29) is 5.91 Å². The van der Waals surface area contributed by atoms with Gasteiger partial charge >= 0.3 is 0 Å². The molecule has 3 heterocycles. The minimum Gasteiger partial charge on any atom is -0.338 e. The van der Waals surface area contributed by atoms with Crippen molar-refractivity contribution in [2.24, 2.45) is 0 Å². The lowest BCUT2D eigenvalue weighted by Gasteiger charge is -2.18. The topological polar surface area (TPSA) is 59.8 Å². The molecule has 128 valence electrons. The summed E-state index contributed by atoms with van der Waals surface area (Å²) in [6.45, 7) is 0. The number of amides is 1. The van der Waals surface area contributed by atoms with Gasteiger partial charge in [-0.3, -0.25) is 15.1 Å². The van der Waals surface area contributed by atoms with Crippen molar-refractivity contribution in [2.45, 2.75) is 6.04 Å². The molecule has 1 atom stereocenters. The number of thiazole rings is 1. The average Bonchev–Trinajstić information content (AvgIpc) is 3.36. The van der Waals surface area contributed by atoms with E-state index in [1.54, 1.807) is 12.4 Å². The lowest BCUT2D eigenvalue weighted by molar-refractivity contribution is -0.118. The molecule has 0 saturated carbocycles. The summed E-state index contributed by atoms with van der Waals surface area (Å²) in [5.74, 6) is -0.125. The number of hydrogen-bond acceptors (Lipinski definition) is 4. The highest BCUT2D eigenvalue weighted by Gasteiger charge is 2.22. The highest BCUT2D eigenvalue weighted by Crippen LogP contribution is 2.26. The van der Waals surface area contributed by atoms with Crippen molar-refractivity contribution in [2.75, 3.05) is 5.32 Å². The molecule has 1 N–H and O–H groups in total. The van der Waals surface area contributed by atoms with Gasteiger partial charge in [-0.15, -0.1) is 11.3 Å². The lowest BCUT2D eigenvalue weighted by Crippen LogP contribution is -2.26. The summed E-state index contributed by atoms with van der Waals surface area (Å²) in [4.78, 5) is 21.6. The summed E-state index contributed by atoms with van der Waals surface area (Å²) in [6, 6.07) is 16.9. The number of carbonyl (C=O) groups is 1. The minimum absolute atomic E-state index is 0.125. The second-order valence-electron chi connectivity index (χ2n) is 5.71. The van der Waals surface area contributed by atoms with Crippen LogP contribution in [0, 0.1) is 0 Å². The summed E-state index contributed by atoms with van der Waals surface area (Å²) >= 11 is 1.40. The molecule has 0 spiro atoms. The molecular weight excluding hydrogens is 344 g/mol. The molecule has 4 aromatic rings. The largest absolute Gasteiger partial charge is 0.338 e. The van der Waals surface area contributed by atoms with Crippen molar-refractivity contribution in [1.29, 1.82) is 0 Å². The van der Waals surface area contributed by atoms with E-state index in [2.05, 4.69) is 15.3 Å². The van der Waals surface area contributed by atoms with Crippen LogP contribution in [0.4, 0.5) is 5.13 Å². The van der Waals surface area contributed by atoms with Crippen molar-refractivity contribution >= 4 is 22.4 Å². The van der Waals surface area contributed by atoms with E-state index in [9.17, 15) is 4.79 Å². The fraction of sp³-hybridized carbons (Fsp3) is 0.0500. The molecule has 0 fully saturated rings. The Kier molecular flexibility index (Phi) is 4.57. The van der Waals surface area contributed by atoms with Gasteiger partial charge in [0.25, 0.3) is 5.91 Å². The number of rotatable bonds is 5. The Balaban J connectivity index is 1.59. The SMILES string of the molecule is O=C(Nc1nc(-c2cccnc2)cs1)[C@H](c1ccccc1)n1cccc1. The number of benzene rings is 1. The number of pyridine rings is 1. The van der Waals surface area contributed by atoms with Crippen LogP contribution >= 0.6 is 11.3 Å². The normalized spacial score (nSPS) is 11.8. The van der Waals surface area contributed by atoms with Crippen LogP contribution in [0.3, 0.4) is 0 Å². The van der Waals surface area contributed by atoms with Crippen LogP contribution in [0.1, 0.15) is 11.6 Å². The predicted octanol–water partition coefficient (Wildman–Crippen LogP) is 4.23. The predicted molar refractivity (Wildman–Crippen MR) is 103 cm³/mol. The average molecular weight is 360 g/mol. The Morgan fingerprint density at radius 2 is 1.85 bits per heavy atom. The summed E-state index contributed by atoms with van der Waals surface area (Å²) in [7, 11) is 0. The van der Waals surface area contributed by atoms with Crippen molar-refractivity contribution in [3.05, 3.63) is 90.3 Å². The monoisotopic (exact) mass is 360 g/mol. The second kappa shape index (κ2) is 7.33. The zero-order valence-electron chi connectivity index (χ0n) is 13.8. The Morgan fingerprint density at radius 3 is 2.58 bits per heavy atom. The number of carbonyl (C=O) groups excluding carboxylic acids is 1. The van der Waals surface area contributed by atoms with Gasteiger partial charge in [0.2, 0.25) is 0 Å². The molecule has 0 aliphatic carbocycles. The third kappa shape index (κ3) is 3.41. The van der Waals surface area contributed by atoms with Gasteiger partial charge in [-0.05, 0) is 29.8 Å². The van der Waals surface area contributed by atoms with Gasteiger partial charge in [0.05, 0.1) is 5.69 Å². The highest BCUT2D eigenvalue weighted by molar-refractivity contribution is 7.14. The molecule has 1 amide bonds. The minimum atomic E-state index is -0.447. The molecule has 0 bridgehead atoms. The third-order valence-corrected chi connectivity index (χ3v) is 4.74. The van der Waals surface area contributed by atoms with E-state index in [1.165, 1.54) is 11.3 Å². The maximum Gasteiger partial charge on any atom is 0.253 e. The third-order valence-electron chi connectivity index (χ3n) is 3.98. The summed E-state index contributed by atoms with van der Waals surface area (Å²) in [5.41, 5.74) is 2.65. The number of nitrogens with one attached hydrogen (secondary N) is 1. The molecule has 4 rings (SSSR count). The summed E-state index contributed by atoms with van der Waals surface area (Å²) < 4.78 is 1.89. The molecule has 0 saturated heterocycles. The smallest absolute Gasteiger partial charge is 0.253 e. The zero-order chi connectivity index (χ0) is 17.8. The summed E-state index contributed by atoms with van der Waals surface area (Å²) in [6.07, 6.45) is 7.26. The Hall–Kier alpha value is -3.25. The quantitative estimate of drug-likeness (QED) is 0.579. The fourth-order valence-corrected chi connectivity index (χ4v) is 3.49. The molecule has 0 radical (unpaired) electrons. The first kappa shape index (κ1) is 16.2. The molecule has 0 unspecified atom stereocenters. The van der Waals surface area contributed by atoms with Crippen LogP contribution in [0.15, 0.2) is 84.8 Å². The van der Waals surface area contributed by atoms with E-state index in [4.69, 9.17) is 0 Å². The van der Waals surface area contributed by atoms with Gasteiger partial charge in [0.15, 0.2) is 5.13 Å². The number of nitrogens with zero attached hydrogens (tertiary/aromatic N) is 3. The Labute approximate surface area is 155 Å². The Morgan fingerprint density at radius 1 is 1.04 bits per heavy atom. The molecule has 1 aromatic carbocycles. The van der Waals surface area contributed by atoms with Crippen molar-refractivity contribution in [3.8, 4) is 11.3 Å². The van der Waals surface area contributed by atoms with Gasteiger partial charge in [-0.1, -0.05) is 30.3 Å². The van der Waals surface area contributed by atoms with E-state index in [1.807, 2.05) is 76.9 Å². The lowest BCUT2D eigenvalue weighted by atomic mass is 10.1. The first-order valence-corrected chi connectivity index (χ1v) is 9.03. The van der Waals surface area contributed by atoms with E-state index >= 15 is 0 Å². The molecule has 0 aliphatic rings. The van der Waals surface area contributed by atoms with Gasteiger partial charge in [0, 0.05) is 35.7 Å². The van der Waals surface area contributed by atoms with Gasteiger partial charge in [-0.2, -0.15) is 0 Å². The number of aromatic nitrogens is 3. The van der Waals surface area contributed by atoms with Crippen LogP contribution in [0.2, 0.25) is 0 Å².